The summed E-state index contributed by atoms with van der Waals surface area (Å²) in [7, 11) is 0. The average Bonchev–Trinajstić information content (AvgIpc) is 2.66. The summed E-state index contributed by atoms with van der Waals surface area (Å²) < 4.78 is 0. The number of carbonyl (C=O) groups excluding carboxylic acids is 2. The number of carbonyl (C=O) groups is 2. The minimum Gasteiger partial charge on any atom is -0.366 e. The molecule has 2 amide bonds. The number of hydrogen-bond donors (Lipinski definition) is 3. The van der Waals surface area contributed by atoms with Crippen LogP contribution in [0.5, 0.6) is 0 Å². The molecule has 0 fully saturated rings. The molecule has 1 atom stereocenters. The van der Waals surface area contributed by atoms with Gasteiger partial charge in [0.05, 0.1) is 11.6 Å². The van der Waals surface area contributed by atoms with Crippen LogP contribution in [0.15, 0.2) is 11.4 Å². The quantitative estimate of drug-likeness (QED) is 0.649. The standard InChI is InChI=1S/C10H11N3O2S/c1-2-3-7(11)9(15)13-10-6(8(12)14)4-5-16-10/h1,4-5,7H,3,11H2,(H2,12,14)(H,13,15). The zero-order valence-electron chi connectivity index (χ0n) is 8.40. The SMILES string of the molecule is C#CCC(N)C(=O)Nc1sccc1C(N)=O. The van der Waals surface area contributed by atoms with Crippen LogP contribution in [-0.4, -0.2) is 17.9 Å². The maximum atomic E-state index is 11.5. The molecule has 5 nitrogen and oxygen atoms in total. The van der Waals surface area contributed by atoms with Crippen molar-refractivity contribution in [2.75, 3.05) is 5.32 Å². The molecule has 0 aromatic carbocycles. The lowest BCUT2D eigenvalue weighted by molar-refractivity contribution is -0.117. The van der Waals surface area contributed by atoms with Crippen LogP contribution in [0.1, 0.15) is 16.8 Å². The molecule has 0 bridgehead atoms. The predicted molar refractivity (Wildman–Crippen MR) is 62.9 cm³/mol. The van der Waals surface area contributed by atoms with Gasteiger partial charge in [0.25, 0.3) is 5.91 Å². The number of rotatable bonds is 4. The summed E-state index contributed by atoms with van der Waals surface area (Å²) in [5, 5.41) is 4.56. The molecule has 1 unspecified atom stereocenters. The van der Waals surface area contributed by atoms with E-state index in [1.165, 1.54) is 17.4 Å². The Labute approximate surface area is 96.8 Å². The van der Waals surface area contributed by atoms with Crippen LogP contribution >= 0.6 is 11.3 Å². The Bertz CT molecular complexity index is 447. The van der Waals surface area contributed by atoms with E-state index in [1.54, 1.807) is 5.38 Å². The molecule has 1 heterocycles. The molecule has 0 spiro atoms. The summed E-state index contributed by atoms with van der Waals surface area (Å²) in [6.45, 7) is 0. The Morgan fingerprint density at radius 1 is 1.62 bits per heavy atom. The molecular formula is C10H11N3O2S. The average molecular weight is 237 g/mol. The molecule has 84 valence electrons. The molecule has 6 heteroatoms. The number of anilines is 1. The number of terminal acetylenes is 1. The monoisotopic (exact) mass is 237 g/mol. The van der Waals surface area contributed by atoms with E-state index in [2.05, 4.69) is 11.2 Å². The van der Waals surface area contributed by atoms with Crippen molar-refractivity contribution >= 4 is 28.2 Å². The summed E-state index contributed by atoms with van der Waals surface area (Å²) in [5.74, 6) is 1.27. The molecule has 1 rings (SSSR count). The number of amides is 2. The van der Waals surface area contributed by atoms with E-state index in [0.717, 1.165) is 0 Å². The van der Waals surface area contributed by atoms with E-state index in [1.807, 2.05) is 0 Å². The fraction of sp³-hybridized carbons (Fsp3) is 0.200. The van der Waals surface area contributed by atoms with Crippen molar-refractivity contribution in [1.29, 1.82) is 0 Å². The fourth-order valence-electron chi connectivity index (χ4n) is 1.02. The number of nitrogens with one attached hydrogen (secondary N) is 1. The molecule has 1 aromatic heterocycles. The van der Waals surface area contributed by atoms with Gasteiger partial charge in [-0.15, -0.1) is 23.7 Å². The number of thiophene rings is 1. The maximum absolute atomic E-state index is 11.5. The molecule has 0 aliphatic carbocycles. The summed E-state index contributed by atoms with van der Waals surface area (Å²) in [5.41, 5.74) is 10.9. The van der Waals surface area contributed by atoms with Gasteiger partial charge in [0, 0.05) is 6.42 Å². The van der Waals surface area contributed by atoms with Crippen molar-refractivity contribution < 1.29 is 9.59 Å². The first-order chi connectivity index (χ1) is 7.56. The van der Waals surface area contributed by atoms with Gasteiger partial charge in [0.15, 0.2) is 0 Å². The van der Waals surface area contributed by atoms with Gasteiger partial charge in [0.2, 0.25) is 5.91 Å². The molecule has 0 radical (unpaired) electrons. The highest BCUT2D eigenvalue weighted by Crippen LogP contribution is 2.22. The highest BCUT2D eigenvalue weighted by molar-refractivity contribution is 7.14. The van der Waals surface area contributed by atoms with Crippen LogP contribution in [-0.2, 0) is 4.79 Å². The van der Waals surface area contributed by atoms with Crippen LogP contribution in [0, 0.1) is 12.3 Å². The van der Waals surface area contributed by atoms with Crippen molar-refractivity contribution in [3.8, 4) is 12.3 Å². The normalized spacial score (nSPS) is 11.5. The van der Waals surface area contributed by atoms with Gasteiger partial charge in [-0.2, -0.15) is 0 Å². The van der Waals surface area contributed by atoms with Crippen LogP contribution in [0.3, 0.4) is 0 Å². The van der Waals surface area contributed by atoms with Gasteiger partial charge in [-0.05, 0) is 11.4 Å². The van der Waals surface area contributed by atoms with Crippen molar-refractivity contribution in [1.82, 2.24) is 0 Å². The minimum atomic E-state index is -0.784. The maximum Gasteiger partial charge on any atom is 0.251 e. The van der Waals surface area contributed by atoms with Gasteiger partial charge in [-0.3, -0.25) is 9.59 Å². The number of nitrogens with two attached hydrogens (primary N) is 2. The Hall–Kier alpha value is -1.84. The van der Waals surface area contributed by atoms with Crippen LogP contribution < -0.4 is 16.8 Å². The highest BCUT2D eigenvalue weighted by atomic mass is 32.1. The first kappa shape index (κ1) is 12.2. The van der Waals surface area contributed by atoms with E-state index in [9.17, 15) is 9.59 Å². The molecule has 1 aromatic rings. The number of primary amides is 1. The Morgan fingerprint density at radius 3 is 2.88 bits per heavy atom. The first-order valence-electron chi connectivity index (χ1n) is 4.43. The van der Waals surface area contributed by atoms with Gasteiger partial charge >= 0.3 is 0 Å². The Morgan fingerprint density at radius 2 is 2.31 bits per heavy atom. The lowest BCUT2D eigenvalue weighted by Gasteiger charge is -2.08. The smallest absolute Gasteiger partial charge is 0.251 e. The van der Waals surface area contributed by atoms with Crippen molar-refractivity contribution in [2.24, 2.45) is 11.5 Å². The molecule has 0 saturated carbocycles. The van der Waals surface area contributed by atoms with Gasteiger partial charge in [-0.25, -0.2) is 0 Å². The third-order valence-electron chi connectivity index (χ3n) is 1.84. The topological polar surface area (TPSA) is 98.2 Å². The van der Waals surface area contributed by atoms with Crippen molar-refractivity contribution in [2.45, 2.75) is 12.5 Å². The van der Waals surface area contributed by atoms with E-state index >= 15 is 0 Å². The van der Waals surface area contributed by atoms with E-state index in [0.29, 0.717) is 5.00 Å². The molecule has 16 heavy (non-hydrogen) atoms. The lowest BCUT2D eigenvalue weighted by Crippen LogP contribution is -2.35. The van der Waals surface area contributed by atoms with Crippen molar-refractivity contribution in [3.63, 3.8) is 0 Å². The summed E-state index contributed by atoms with van der Waals surface area (Å²) in [4.78, 5) is 22.5. The lowest BCUT2D eigenvalue weighted by atomic mass is 10.2. The molecule has 5 N–H and O–H groups in total. The van der Waals surface area contributed by atoms with Gasteiger partial charge < -0.3 is 16.8 Å². The molecule has 0 aliphatic rings. The third kappa shape index (κ3) is 2.82. The van der Waals surface area contributed by atoms with Gasteiger partial charge in [-0.1, -0.05) is 0 Å². The second-order valence-electron chi connectivity index (χ2n) is 3.03. The van der Waals surface area contributed by atoms with E-state index < -0.39 is 17.9 Å². The Kier molecular flexibility index (Phi) is 4.05. The number of hydrogen-bond acceptors (Lipinski definition) is 4. The third-order valence-corrected chi connectivity index (χ3v) is 2.67. The molecular weight excluding hydrogens is 226 g/mol. The van der Waals surface area contributed by atoms with Crippen LogP contribution in [0.25, 0.3) is 0 Å². The predicted octanol–water partition coefficient (Wildman–Crippen LogP) is 0.136. The summed E-state index contributed by atoms with van der Waals surface area (Å²) in [6, 6.07) is 0.753. The van der Waals surface area contributed by atoms with E-state index in [4.69, 9.17) is 17.9 Å². The van der Waals surface area contributed by atoms with E-state index in [-0.39, 0.29) is 12.0 Å². The fourth-order valence-corrected chi connectivity index (χ4v) is 1.82. The highest BCUT2D eigenvalue weighted by Gasteiger charge is 2.16. The minimum absolute atomic E-state index is 0.142. The summed E-state index contributed by atoms with van der Waals surface area (Å²) >= 11 is 1.20. The molecule has 0 saturated heterocycles. The van der Waals surface area contributed by atoms with Crippen LogP contribution in [0.4, 0.5) is 5.00 Å². The molecule has 0 aliphatic heterocycles. The second kappa shape index (κ2) is 5.30. The zero-order chi connectivity index (χ0) is 12.1. The first-order valence-corrected chi connectivity index (χ1v) is 5.31. The zero-order valence-corrected chi connectivity index (χ0v) is 9.21. The van der Waals surface area contributed by atoms with Crippen molar-refractivity contribution in [3.05, 3.63) is 17.0 Å². The summed E-state index contributed by atoms with van der Waals surface area (Å²) in [6.07, 6.45) is 5.18. The Balaban J connectivity index is 2.74. The second-order valence-corrected chi connectivity index (χ2v) is 3.95. The largest absolute Gasteiger partial charge is 0.366 e. The van der Waals surface area contributed by atoms with Crippen LogP contribution in [0.2, 0.25) is 0 Å². The van der Waals surface area contributed by atoms with Gasteiger partial charge in [0.1, 0.15) is 5.00 Å².